The van der Waals surface area contributed by atoms with Gasteiger partial charge in [0.1, 0.15) is 13.3 Å². The fourth-order valence-electron chi connectivity index (χ4n) is 6.39. The lowest BCUT2D eigenvalue weighted by Gasteiger charge is -2.20. The highest BCUT2D eigenvalue weighted by atomic mass is 31.2. The third-order valence-electron chi connectivity index (χ3n) is 8.84. The van der Waals surface area contributed by atoms with Crippen LogP contribution in [0.5, 0.6) is 0 Å². The van der Waals surface area contributed by atoms with Crippen molar-refractivity contribution in [1.82, 2.24) is 5.32 Å². The summed E-state index contributed by atoms with van der Waals surface area (Å²) >= 11 is 0. The van der Waals surface area contributed by atoms with E-state index >= 15 is 0 Å². The summed E-state index contributed by atoms with van der Waals surface area (Å²) in [7, 11) is -2.39. The molecule has 226 valence electrons. The van der Waals surface area contributed by atoms with Gasteiger partial charge in [-0.05, 0) is 98.1 Å². The molecule has 3 nitrogen and oxygen atoms in total. The first-order valence-electron chi connectivity index (χ1n) is 15.7. The number of hydrogen-bond acceptors (Lipinski definition) is 3. The highest BCUT2D eigenvalue weighted by Gasteiger charge is 2.15. The molecular formula is C42H37N2OP. The Bertz CT molecular complexity index is 2280. The summed E-state index contributed by atoms with van der Waals surface area (Å²) < 4.78 is 12.9. The standard InChI is InChI=1S/C42H37N2OP/c1-46(2,45)35-19-11-17-32(27-35)31-16-10-18-34(26-31)41(44-42(43)30-13-4-3-5-14-30)25-24-38-37-21-9-7-15-33(37)28-40-36-20-8-6-12-29(36)22-23-39(38)40/h3-23,25-28,42,44H,24,43H2,1-2H3/b41-25-. The Morgan fingerprint density at radius 1 is 0.652 bits per heavy atom. The van der Waals surface area contributed by atoms with Crippen molar-refractivity contribution in [2.75, 3.05) is 13.3 Å². The maximum atomic E-state index is 12.9. The van der Waals surface area contributed by atoms with Gasteiger partial charge in [-0.25, -0.2) is 0 Å². The van der Waals surface area contributed by atoms with Crippen LogP contribution in [0.2, 0.25) is 0 Å². The van der Waals surface area contributed by atoms with E-state index in [1.54, 1.807) is 0 Å². The van der Waals surface area contributed by atoms with Crippen molar-refractivity contribution in [3.63, 3.8) is 0 Å². The minimum absolute atomic E-state index is 0.390. The van der Waals surface area contributed by atoms with E-state index in [9.17, 15) is 4.57 Å². The van der Waals surface area contributed by atoms with Crippen LogP contribution in [-0.4, -0.2) is 13.3 Å². The van der Waals surface area contributed by atoms with E-state index in [4.69, 9.17) is 5.73 Å². The van der Waals surface area contributed by atoms with E-state index in [1.165, 1.54) is 37.9 Å². The second kappa shape index (κ2) is 12.4. The molecule has 0 bridgehead atoms. The van der Waals surface area contributed by atoms with Crippen molar-refractivity contribution in [3.8, 4) is 11.1 Å². The topological polar surface area (TPSA) is 55.1 Å². The second-order valence-corrected chi connectivity index (χ2v) is 15.5. The van der Waals surface area contributed by atoms with Crippen LogP contribution in [0.4, 0.5) is 0 Å². The van der Waals surface area contributed by atoms with Gasteiger partial charge in [0.15, 0.2) is 0 Å². The van der Waals surface area contributed by atoms with E-state index < -0.39 is 13.3 Å². The molecule has 1 atom stereocenters. The smallest absolute Gasteiger partial charge is 0.109 e. The Kier molecular flexibility index (Phi) is 8.05. The molecule has 0 aromatic heterocycles. The Balaban J connectivity index is 1.36. The van der Waals surface area contributed by atoms with Crippen LogP contribution in [0.3, 0.4) is 0 Å². The van der Waals surface area contributed by atoms with E-state index in [1.807, 2.05) is 55.8 Å². The molecule has 0 saturated heterocycles. The van der Waals surface area contributed by atoms with Gasteiger partial charge in [-0.15, -0.1) is 0 Å². The lowest BCUT2D eigenvalue weighted by molar-refractivity contribution is 0.588. The zero-order valence-corrected chi connectivity index (χ0v) is 27.0. The van der Waals surface area contributed by atoms with E-state index in [0.29, 0.717) is 6.42 Å². The summed E-state index contributed by atoms with van der Waals surface area (Å²) in [5.74, 6) is 0. The van der Waals surface area contributed by atoms with Crippen LogP contribution in [0.25, 0.3) is 49.1 Å². The average Bonchev–Trinajstić information content (AvgIpc) is 3.09. The zero-order valence-electron chi connectivity index (χ0n) is 26.2. The normalized spacial score (nSPS) is 12.9. The van der Waals surface area contributed by atoms with Gasteiger partial charge < -0.3 is 15.6 Å². The van der Waals surface area contributed by atoms with Crippen molar-refractivity contribution in [3.05, 3.63) is 168 Å². The first kappa shape index (κ1) is 29.7. The molecule has 0 amide bonds. The maximum Gasteiger partial charge on any atom is 0.109 e. The molecule has 0 radical (unpaired) electrons. The van der Waals surface area contributed by atoms with Gasteiger partial charge in [-0.3, -0.25) is 0 Å². The second-order valence-electron chi connectivity index (χ2n) is 12.3. The highest BCUT2D eigenvalue weighted by molar-refractivity contribution is 7.70. The van der Waals surface area contributed by atoms with Gasteiger partial charge in [-0.1, -0.05) is 133 Å². The molecular weight excluding hydrogens is 579 g/mol. The van der Waals surface area contributed by atoms with Crippen LogP contribution in [0.1, 0.15) is 22.9 Å². The molecule has 0 saturated carbocycles. The summed E-state index contributed by atoms with van der Waals surface area (Å²) in [6, 6.07) is 50.8. The first-order valence-corrected chi connectivity index (χ1v) is 18.3. The predicted octanol–water partition coefficient (Wildman–Crippen LogP) is 9.89. The van der Waals surface area contributed by atoms with Gasteiger partial charge in [0, 0.05) is 11.0 Å². The Morgan fingerprint density at radius 3 is 2.11 bits per heavy atom. The Morgan fingerprint density at radius 2 is 1.33 bits per heavy atom. The predicted molar refractivity (Wildman–Crippen MR) is 198 cm³/mol. The number of fused-ring (bicyclic) bond motifs is 4. The SMILES string of the molecule is CP(C)(=O)c1cccc(-c2cccc(/C(=C/Cc3c4ccccc4cc4c3ccc3ccccc34)NC(N)c3ccccc3)c2)c1. The molecule has 0 aliphatic heterocycles. The molecule has 3 N–H and O–H groups in total. The largest absolute Gasteiger partial charge is 0.366 e. The van der Waals surface area contributed by atoms with Gasteiger partial charge in [0.05, 0.1) is 0 Å². The van der Waals surface area contributed by atoms with E-state index in [2.05, 4.69) is 115 Å². The molecule has 0 fully saturated rings. The van der Waals surface area contributed by atoms with E-state index in [0.717, 1.165) is 33.3 Å². The number of rotatable bonds is 8. The molecule has 7 aromatic carbocycles. The van der Waals surface area contributed by atoms with Crippen molar-refractivity contribution in [1.29, 1.82) is 0 Å². The molecule has 0 spiro atoms. The minimum atomic E-state index is -2.39. The van der Waals surface area contributed by atoms with E-state index in [-0.39, 0.29) is 0 Å². The van der Waals surface area contributed by atoms with Gasteiger partial charge >= 0.3 is 0 Å². The van der Waals surface area contributed by atoms with Crippen LogP contribution < -0.4 is 16.4 Å². The third kappa shape index (κ3) is 6.00. The third-order valence-corrected chi connectivity index (χ3v) is 10.4. The van der Waals surface area contributed by atoms with Gasteiger partial charge in [0.2, 0.25) is 0 Å². The summed E-state index contributed by atoms with van der Waals surface area (Å²) in [6.45, 7) is 3.64. The van der Waals surface area contributed by atoms with Crippen LogP contribution in [0.15, 0.2) is 152 Å². The fraction of sp³-hybridized carbons (Fsp3) is 0.0952. The molecule has 46 heavy (non-hydrogen) atoms. The molecule has 7 rings (SSSR count). The van der Waals surface area contributed by atoms with Crippen molar-refractivity contribution in [2.24, 2.45) is 5.73 Å². The minimum Gasteiger partial charge on any atom is -0.366 e. The molecule has 7 aromatic rings. The molecule has 4 heteroatoms. The number of hydrogen-bond donors (Lipinski definition) is 2. The van der Waals surface area contributed by atoms with Crippen molar-refractivity contribution in [2.45, 2.75) is 12.6 Å². The summed E-state index contributed by atoms with van der Waals surface area (Å²) in [4.78, 5) is 0. The summed E-state index contributed by atoms with van der Waals surface area (Å²) in [5, 5.41) is 12.0. The number of nitrogens with two attached hydrogens (primary N) is 1. The molecule has 0 heterocycles. The molecule has 1 unspecified atom stereocenters. The highest BCUT2D eigenvalue weighted by Crippen LogP contribution is 2.37. The summed E-state index contributed by atoms with van der Waals surface area (Å²) in [6.07, 6.45) is 2.61. The van der Waals surface area contributed by atoms with Crippen LogP contribution >= 0.6 is 7.14 Å². The zero-order chi connectivity index (χ0) is 31.7. The van der Waals surface area contributed by atoms with Crippen molar-refractivity contribution >= 4 is 50.5 Å². The lowest BCUT2D eigenvalue weighted by atomic mass is 9.91. The Labute approximate surface area is 270 Å². The quantitative estimate of drug-likeness (QED) is 0.0773. The lowest BCUT2D eigenvalue weighted by Crippen LogP contribution is -2.27. The number of benzene rings is 7. The number of allylic oxidation sites excluding steroid dienone is 1. The van der Waals surface area contributed by atoms with Gasteiger partial charge in [-0.2, -0.15) is 0 Å². The molecule has 0 aliphatic carbocycles. The maximum absolute atomic E-state index is 12.9. The van der Waals surface area contributed by atoms with Crippen molar-refractivity contribution < 1.29 is 4.57 Å². The van der Waals surface area contributed by atoms with Crippen LogP contribution in [0, 0.1) is 0 Å². The molecule has 0 aliphatic rings. The first-order chi connectivity index (χ1) is 22.3. The number of nitrogens with one attached hydrogen (secondary N) is 1. The average molecular weight is 617 g/mol. The fourth-order valence-corrected chi connectivity index (χ4v) is 7.29. The monoisotopic (exact) mass is 616 g/mol. The van der Waals surface area contributed by atoms with Gasteiger partial charge in [0.25, 0.3) is 0 Å². The summed E-state index contributed by atoms with van der Waals surface area (Å²) in [5.41, 5.74) is 13.2. The Hall–Kier alpha value is -4.95. The van der Waals surface area contributed by atoms with Crippen LogP contribution in [-0.2, 0) is 11.0 Å².